The number of benzene rings is 3. The number of fused-ring (bicyclic) bond motifs is 2. The summed E-state index contributed by atoms with van der Waals surface area (Å²) in [7, 11) is 3.43. The Hall–Kier alpha value is -6.71. The van der Waals surface area contributed by atoms with Crippen LogP contribution < -0.4 is 15.4 Å². The first-order valence-corrected chi connectivity index (χ1v) is 19.0. The Labute approximate surface area is 336 Å². The van der Waals surface area contributed by atoms with Gasteiger partial charge in [0, 0.05) is 57.9 Å². The lowest BCUT2D eigenvalue weighted by atomic mass is 9.98. The number of pyridine rings is 1. The van der Waals surface area contributed by atoms with Gasteiger partial charge in [0.2, 0.25) is 17.7 Å². The van der Waals surface area contributed by atoms with Crippen molar-refractivity contribution in [3.63, 3.8) is 0 Å². The standard InChI is InChI=1S/C43H46N8O7/c1-4-19-49-28-39(53)50-36(22-29-13-16-33(52)17-14-29)42(55)48(27-38(50)51(49)43(56)45-23-30-9-6-5-7-10-30)25-31-11-8-12-34-35(26-47(2)40(31)34)41(54)46-32-15-18-37(44-24-32)58-21-20-57-3/h4-18,24,26,36,38,52H,1,19-23,25,27-28H2,2-3H3,(H,45,56)(H,46,54)/t36-,38-/m0/s1. The molecule has 2 aromatic heterocycles. The highest BCUT2D eigenvalue weighted by Gasteiger charge is 2.51. The first-order valence-electron chi connectivity index (χ1n) is 19.0. The van der Waals surface area contributed by atoms with Crippen molar-refractivity contribution in [1.29, 1.82) is 0 Å². The van der Waals surface area contributed by atoms with E-state index < -0.39 is 18.2 Å². The van der Waals surface area contributed by atoms with Gasteiger partial charge < -0.3 is 39.6 Å². The van der Waals surface area contributed by atoms with Crippen molar-refractivity contribution in [2.24, 2.45) is 7.05 Å². The number of para-hydroxylation sites is 1. The number of hydrogen-bond acceptors (Lipinski definition) is 9. The molecule has 0 spiro atoms. The lowest BCUT2D eigenvalue weighted by Crippen LogP contribution is -2.76. The van der Waals surface area contributed by atoms with Crippen LogP contribution in [-0.4, -0.2) is 110 Å². The molecule has 2 fully saturated rings. The molecule has 2 aliphatic rings. The molecule has 3 N–H and O–H groups in total. The third-order valence-corrected chi connectivity index (χ3v) is 10.3. The number of aryl methyl sites for hydroxylation is 1. The lowest BCUT2D eigenvalue weighted by Gasteiger charge is -2.55. The maximum Gasteiger partial charge on any atom is 0.334 e. The molecule has 300 valence electrons. The molecule has 0 unspecified atom stereocenters. The molecule has 4 heterocycles. The Bertz CT molecular complexity index is 2280. The van der Waals surface area contributed by atoms with Gasteiger partial charge in [0.15, 0.2) is 0 Å². The molecule has 0 bridgehead atoms. The number of aromatic hydroxyl groups is 1. The van der Waals surface area contributed by atoms with Gasteiger partial charge in [0.05, 0.1) is 42.7 Å². The fourth-order valence-electron chi connectivity index (χ4n) is 7.59. The SMILES string of the molecule is C=CCN1CC(=O)N2[C@@H](Cc3ccc(O)cc3)C(=O)N(Cc3cccc4c(C(=O)Nc5ccc(OCCOC)nc5)cn(C)c34)C[C@@H]2N1C(=O)NCc1ccccc1. The van der Waals surface area contributed by atoms with Crippen molar-refractivity contribution in [1.82, 2.24) is 34.7 Å². The van der Waals surface area contributed by atoms with Crippen LogP contribution in [0.5, 0.6) is 11.6 Å². The van der Waals surface area contributed by atoms with E-state index in [0.717, 1.165) is 22.2 Å². The number of nitrogens with one attached hydrogen (secondary N) is 2. The van der Waals surface area contributed by atoms with Crippen molar-refractivity contribution < 1.29 is 33.8 Å². The fourth-order valence-corrected chi connectivity index (χ4v) is 7.59. The number of aromatic nitrogens is 2. The third-order valence-electron chi connectivity index (χ3n) is 10.3. The van der Waals surface area contributed by atoms with Gasteiger partial charge in [-0.25, -0.2) is 19.8 Å². The molecule has 2 atom stereocenters. The molecular weight excluding hydrogens is 741 g/mol. The minimum atomic E-state index is -0.953. The van der Waals surface area contributed by atoms with Crippen molar-refractivity contribution >= 4 is 40.3 Å². The largest absolute Gasteiger partial charge is 0.508 e. The van der Waals surface area contributed by atoms with Gasteiger partial charge in [-0.15, -0.1) is 6.58 Å². The number of carbonyl (C=O) groups excluding carboxylic acids is 4. The maximum absolute atomic E-state index is 14.7. The molecule has 2 saturated heterocycles. The van der Waals surface area contributed by atoms with Crippen LogP contribution in [0.25, 0.3) is 10.9 Å². The third kappa shape index (κ3) is 8.50. The average Bonchev–Trinajstić information content (AvgIpc) is 3.57. The monoisotopic (exact) mass is 786 g/mol. The second-order valence-corrected chi connectivity index (χ2v) is 14.2. The Morgan fingerprint density at radius 1 is 0.983 bits per heavy atom. The first-order chi connectivity index (χ1) is 28.1. The van der Waals surface area contributed by atoms with Gasteiger partial charge in [-0.05, 0) is 34.9 Å². The number of anilines is 1. The van der Waals surface area contributed by atoms with Crippen molar-refractivity contribution in [2.45, 2.75) is 31.7 Å². The van der Waals surface area contributed by atoms with Crippen LogP contribution in [0.1, 0.15) is 27.0 Å². The molecular formula is C43H46N8O7. The summed E-state index contributed by atoms with van der Waals surface area (Å²) in [5, 5.41) is 19.8. The zero-order valence-electron chi connectivity index (χ0n) is 32.4. The quantitative estimate of drug-likeness (QED) is 0.110. The van der Waals surface area contributed by atoms with Crippen molar-refractivity contribution in [2.75, 3.05) is 45.3 Å². The summed E-state index contributed by atoms with van der Waals surface area (Å²) in [5.41, 5.74) is 4.09. The van der Waals surface area contributed by atoms with E-state index in [-0.39, 0.29) is 62.6 Å². The molecule has 0 radical (unpaired) electrons. The minimum Gasteiger partial charge on any atom is -0.508 e. The molecule has 0 aliphatic carbocycles. The summed E-state index contributed by atoms with van der Waals surface area (Å²) in [4.78, 5) is 64.0. The van der Waals surface area contributed by atoms with E-state index in [1.165, 1.54) is 16.1 Å². The van der Waals surface area contributed by atoms with Crippen LogP contribution in [0.3, 0.4) is 0 Å². The average molecular weight is 787 g/mol. The fraction of sp³-hybridized carbons (Fsp3) is 0.279. The summed E-state index contributed by atoms with van der Waals surface area (Å²) in [6.07, 6.45) is 4.21. The summed E-state index contributed by atoms with van der Waals surface area (Å²) < 4.78 is 12.4. The number of ether oxygens (including phenoxy) is 2. The molecule has 3 aromatic carbocycles. The Balaban J connectivity index is 1.19. The molecule has 0 saturated carbocycles. The highest BCUT2D eigenvalue weighted by Crippen LogP contribution is 2.32. The van der Waals surface area contributed by atoms with Gasteiger partial charge in [0.1, 0.15) is 24.6 Å². The molecule has 15 heteroatoms. The number of hydrogen-bond donors (Lipinski definition) is 3. The Kier molecular flexibility index (Phi) is 12.0. The highest BCUT2D eigenvalue weighted by atomic mass is 16.5. The van der Waals surface area contributed by atoms with E-state index in [4.69, 9.17) is 9.47 Å². The Morgan fingerprint density at radius 3 is 2.50 bits per heavy atom. The van der Waals surface area contributed by atoms with Crippen molar-refractivity contribution in [3.05, 3.63) is 132 Å². The second kappa shape index (κ2) is 17.6. The van der Waals surface area contributed by atoms with E-state index in [1.807, 2.05) is 60.1 Å². The van der Waals surface area contributed by atoms with E-state index in [2.05, 4.69) is 22.2 Å². The zero-order valence-corrected chi connectivity index (χ0v) is 32.4. The smallest absolute Gasteiger partial charge is 0.334 e. The van der Waals surface area contributed by atoms with Crippen LogP contribution in [0.15, 0.2) is 110 Å². The normalized spacial score (nSPS) is 17.0. The summed E-state index contributed by atoms with van der Waals surface area (Å²) in [6, 6.07) is 23.7. The van der Waals surface area contributed by atoms with Crippen LogP contribution in [-0.2, 0) is 40.9 Å². The van der Waals surface area contributed by atoms with Gasteiger partial charge in [0.25, 0.3) is 5.91 Å². The second-order valence-electron chi connectivity index (χ2n) is 14.2. The zero-order chi connectivity index (χ0) is 40.8. The van der Waals surface area contributed by atoms with E-state index >= 15 is 0 Å². The molecule has 58 heavy (non-hydrogen) atoms. The maximum atomic E-state index is 14.7. The van der Waals surface area contributed by atoms with Gasteiger partial charge in [-0.2, -0.15) is 0 Å². The number of carbonyl (C=O) groups is 4. The lowest BCUT2D eigenvalue weighted by molar-refractivity contribution is -0.189. The molecule has 15 nitrogen and oxygen atoms in total. The molecule has 7 rings (SSSR count). The number of methoxy groups -OCH3 is 1. The number of rotatable bonds is 14. The van der Waals surface area contributed by atoms with Crippen molar-refractivity contribution in [3.8, 4) is 11.6 Å². The van der Waals surface area contributed by atoms with Gasteiger partial charge in [-0.1, -0.05) is 66.7 Å². The number of hydrazine groups is 1. The summed E-state index contributed by atoms with van der Waals surface area (Å²) in [6.45, 7) is 5.15. The molecule has 2 aliphatic heterocycles. The topological polar surface area (TPSA) is 162 Å². The van der Waals surface area contributed by atoms with E-state index in [0.29, 0.717) is 35.7 Å². The van der Waals surface area contributed by atoms with Crippen LogP contribution >= 0.6 is 0 Å². The molecule has 5 aromatic rings. The molecule has 5 amide bonds. The van der Waals surface area contributed by atoms with Crippen LogP contribution in [0.2, 0.25) is 0 Å². The number of piperazine rings is 1. The number of phenolic OH excluding ortho intramolecular Hbond substituents is 1. The first kappa shape index (κ1) is 39.5. The van der Waals surface area contributed by atoms with Crippen LogP contribution in [0, 0.1) is 0 Å². The minimum absolute atomic E-state index is 0.0232. The van der Waals surface area contributed by atoms with Gasteiger partial charge >= 0.3 is 6.03 Å². The predicted octanol–water partition coefficient (Wildman–Crippen LogP) is 4.29. The van der Waals surface area contributed by atoms with E-state index in [1.54, 1.807) is 65.7 Å². The summed E-state index contributed by atoms with van der Waals surface area (Å²) >= 11 is 0. The Morgan fingerprint density at radius 2 is 1.78 bits per heavy atom. The van der Waals surface area contributed by atoms with Gasteiger partial charge in [-0.3, -0.25) is 14.4 Å². The van der Waals surface area contributed by atoms with Crippen LogP contribution in [0.4, 0.5) is 10.5 Å². The number of nitrogens with zero attached hydrogens (tertiary/aromatic N) is 6. The van der Waals surface area contributed by atoms with E-state index in [9.17, 15) is 24.3 Å². The summed E-state index contributed by atoms with van der Waals surface area (Å²) in [5.74, 6) is -0.427. The predicted molar refractivity (Wildman–Crippen MR) is 216 cm³/mol. The number of urea groups is 1. The highest BCUT2D eigenvalue weighted by molar-refractivity contribution is 6.13. The number of amides is 5. The number of phenols is 1.